The summed E-state index contributed by atoms with van der Waals surface area (Å²) in [5.41, 5.74) is 1.74. The average Bonchev–Trinajstić information content (AvgIpc) is 2.62. The number of ether oxygens (including phenoxy) is 2. The van der Waals surface area contributed by atoms with Gasteiger partial charge in [0.2, 0.25) is 0 Å². The molecule has 0 amide bonds. The molecule has 0 fully saturated rings. The van der Waals surface area contributed by atoms with Crippen LogP contribution in [0.15, 0.2) is 48.7 Å². The second-order valence-corrected chi connectivity index (χ2v) is 5.16. The van der Waals surface area contributed by atoms with Crippen LogP contribution in [0.2, 0.25) is 0 Å². The number of nitro groups is 1. The van der Waals surface area contributed by atoms with Gasteiger partial charge in [-0.25, -0.2) is 0 Å². The molecular weight excluding hydrogens is 324 g/mol. The summed E-state index contributed by atoms with van der Waals surface area (Å²) in [6.07, 6.45) is 2.78. The average molecular weight is 342 g/mol. The summed E-state index contributed by atoms with van der Waals surface area (Å²) >= 11 is 0. The third kappa shape index (κ3) is 4.35. The van der Waals surface area contributed by atoms with Gasteiger partial charge in [0.25, 0.3) is 5.69 Å². The van der Waals surface area contributed by atoms with Crippen LogP contribution in [0, 0.1) is 17.0 Å². The van der Waals surface area contributed by atoms with E-state index in [2.05, 4.69) is 5.32 Å². The highest BCUT2D eigenvalue weighted by atomic mass is 16.6. The number of nitrogens with zero attached hydrogens (tertiary/aromatic N) is 1. The number of allylic oxidation sites excluding steroid dienone is 1. The van der Waals surface area contributed by atoms with E-state index < -0.39 is 4.92 Å². The number of carbonyl (C=O) groups excluding carboxylic acids is 1. The molecule has 0 unspecified atom stereocenters. The maximum atomic E-state index is 12.3. The van der Waals surface area contributed by atoms with Crippen molar-refractivity contribution in [1.82, 2.24) is 0 Å². The molecule has 130 valence electrons. The van der Waals surface area contributed by atoms with Gasteiger partial charge < -0.3 is 14.8 Å². The molecule has 0 aliphatic carbocycles. The Bertz CT molecular complexity index is 830. The Morgan fingerprint density at radius 2 is 1.92 bits per heavy atom. The third-order valence-electron chi connectivity index (χ3n) is 3.58. The van der Waals surface area contributed by atoms with Crippen molar-refractivity contribution in [3.05, 3.63) is 69.9 Å². The Morgan fingerprint density at radius 1 is 1.16 bits per heavy atom. The quantitative estimate of drug-likeness (QED) is 0.357. The lowest BCUT2D eigenvalue weighted by Gasteiger charge is -2.08. The van der Waals surface area contributed by atoms with Crippen LogP contribution in [0.4, 0.5) is 11.4 Å². The van der Waals surface area contributed by atoms with Crippen molar-refractivity contribution in [3.63, 3.8) is 0 Å². The highest BCUT2D eigenvalue weighted by Crippen LogP contribution is 2.25. The SMILES string of the molecule is COc1ccc(C(=O)C=CNc2cc([N+](=O)[O-])ccc2C)c(OC)c1. The molecule has 7 nitrogen and oxygen atoms in total. The molecule has 0 heterocycles. The van der Waals surface area contributed by atoms with Gasteiger partial charge in [-0.2, -0.15) is 0 Å². The normalized spacial score (nSPS) is 10.5. The number of carbonyl (C=O) groups is 1. The highest BCUT2D eigenvalue weighted by Gasteiger charge is 2.11. The Hall–Kier alpha value is -3.35. The first-order valence-electron chi connectivity index (χ1n) is 7.40. The molecule has 0 bridgehead atoms. The van der Waals surface area contributed by atoms with Crippen molar-refractivity contribution in [2.75, 3.05) is 19.5 Å². The first-order valence-corrected chi connectivity index (χ1v) is 7.40. The summed E-state index contributed by atoms with van der Waals surface area (Å²) in [7, 11) is 3.00. The van der Waals surface area contributed by atoms with Crippen LogP contribution < -0.4 is 14.8 Å². The van der Waals surface area contributed by atoms with E-state index in [0.717, 1.165) is 5.56 Å². The van der Waals surface area contributed by atoms with Gasteiger partial charge in [-0.05, 0) is 24.6 Å². The van der Waals surface area contributed by atoms with E-state index >= 15 is 0 Å². The number of methoxy groups -OCH3 is 2. The van der Waals surface area contributed by atoms with E-state index in [9.17, 15) is 14.9 Å². The molecule has 0 aromatic heterocycles. The molecule has 0 aliphatic heterocycles. The van der Waals surface area contributed by atoms with Gasteiger partial charge >= 0.3 is 0 Å². The van der Waals surface area contributed by atoms with E-state index in [1.807, 2.05) is 6.92 Å². The van der Waals surface area contributed by atoms with Gasteiger partial charge in [-0.3, -0.25) is 14.9 Å². The summed E-state index contributed by atoms with van der Waals surface area (Å²) in [6.45, 7) is 1.81. The molecule has 0 spiro atoms. The van der Waals surface area contributed by atoms with Crippen LogP contribution >= 0.6 is 0 Å². The molecule has 0 saturated carbocycles. The molecule has 7 heteroatoms. The summed E-state index contributed by atoms with van der Waals surface area (Å²) in [5.74, 6) is 0.721. The van der Waals surface area contributed by atoms with E-state index in [1.165, 1.54) is 38.6 Å². The number of nitrogens with one attached hydrogen (secondary N) is 1. The molecule has 0 saturated heterocycles. The number of nitro benzene ring substituents is 1. The second kappa shape index (κ2) is 7.96. The number of hydrogen-bond donors (Lipinski definition) is 1. The van der Waals surface area contributed by atoms with E-state index in [4.69, 9.17) is 9.47 Å². The number of benzene rings is 2. The van der Waals surface area contributed by atoms with Crippen molar-refractivity contribution in [2.45, 2.75) is 6.92 Å². The molecule has 0 radical (unpaired) electrons. The molecule has 0 aliphatic rings. The van der Waals surface area contributed by atoms with E-state index in [-0.39, 0.29) is 11.5 Å². The van der Waals surface area contributed by atoms with Crippen LogP contribution in [0.5, 0.6) is 11.5 Å². The van der Waals surface area contributed by atoms with Crippen LogP contribution in [0.1, 0.15) is 15.9 Å². The lowest BCUT2D eigenvalue weighted by molar-refractivity contribution is -0.384. The van der Waals surface area contributed by atoms with Crippen molar-refractivity contribution < 1.29 is 19.2 Å². The number of non-ortho nitro benzene ring substituents is 1. The Morgan fingerprint density at radius 3 is 2.56 bits per heavy atom. The fourth-order valence-electron chi connectivity index (χ4n) is 2.18. The van der Waals surface area contributed by atoms with Crippen molar-refractivity contribution in [2.24, 2.45) is 0 Å². The molecule has 2 rings (SSSR count). The number of anilines is 1. The van der Waals surface area contributed by atoms with Gasteiger partial charge in [0.05, 0.1) is 24.7 Å². The smallest absolute Gasteiger partial charge is 0.271 e. The van der Waals surface area contributed by atoms with E-state index in [0.29, 0.717) is 22.7 Å². The minimum Gasteiger partial charge on any atom is -0.497 e. The van der Waals surface area contributed by atoms with Crippen LogP contribution in [-0.4, -0.2) is 24.9 Å². The summed E-state index contributed by atoms with van der Waals surface area (Å²) in [5, 5.41) is 13.7. The van der Waals surface area contributed by atoms with Crippen molar-refractivity contribution in [1.29, 1.82) is 0 Å². The second-order valence-electron chi connectivity index (χ2n) is 5.16. The van der Waals surface area contributed by atoms with Crippen LogP contribution in [0.3, 0.4) is 0 Å². The topological polar surface area (TPSA) is 90.7 Å². The molecule has 1 N–H and O–H groups in total. The van der Waals surface area contributed by atoms with Crippen LogP contribution in [-0.2, 0) is 0 Å². The zero-order valence-corrected chi connectivity index (χ0v) is 14.1. The fourth-order valence-corrected chi connectivity index (χ4v) is 2.18. The van der Waals surface area contributed by atoms with Gasteiger partial charge in [-0.1, -0.05) is 6.07 Å². The molecular formula is C18H18N2O5. The first kappa shape index (κ1) is 18.0. The number of hydrogen-bond acceptors (Lipinski definition) is 6. The predicted octanol–water partition coefficient (Wildman–Crippen LogP) is 3.73. The largest absolute Gasteiger partial charge is 0.497 e. The van der Waals surface area contributed by atoms with Gasteiger partial charge in [0.1, 0.15) is 11.5 Å². The standard InChI is InChI=1S/C18H18N2O5/c1-12-4-5-13(20(22)23)10-16(12)19-9-8-17(21)15-7-6-14(24-2)11-18(15)25-3/h4-11,19H,1-3H3. The zero-order chi connectivity index (χ0) is 18.4. The Labute approximate surface area is 145 Å². The Balaban J connectivity index is 2.16. The molecule has 25 heavy (non-hydrogen) atoms. The lowest BCUT2D eigenvalue weighted by atomic mass is 10.1. The zero-order valence-electron chi connectivity index (χ0n) is 14.1. The summed E-state index contributed by atoms with van der Waals surface area (Å²) in [6, 6.07) is 9.39. The monoisotopic (exact) mass is 342 g/mol. The van der Waals surface area contributed by atoms with Gasteiger partial charge in [0.15, 0.2) is 5.78 Å². The fraction of sp³-hybridized carbons (Fsp3) is 0.167. The van der Waals surface area contributed by atoms with Crippen molar-refractivity contribution in [3.8, 4) is 11.5 Å². The lowest BCUT2D eigenvalue weighted by Crippen LogP contribution is -2.01. The maximum absolute atomic E-state index is 12.3. The van der Waals surface area contributed by atoms with Gasteiger partial charge in [-0.15, -0.1) is 0 Å². The molecule has 0 atom stereocenters. The number of ketones is 1. The minimum absolute atomic E-state index is 0.0235. The van der Waals surface area contributed by atoms with Crippen LogP contribution in [0.25, 0.3) is 0 Å². The number of rotatable bonds is 7. The third-order valence-corrected chi connectivity index (χ3v) is 3.58. The predicted molar refractivity (Wildman–Crippen MR) is 94.5 cm³/mol. The number of aryl methyl sites for hydroxylation is 1. The summed E-state index contributed by atoms with van der Waals surface area (Å²) in [4.78, 5) is 22.7. The first-order chi connectivity index (χ1) is 12.0. The Kier molecular flexibility index (Phi) is 5.73. The van der Waals surface area contributed by atoms with E-state index in [1.54, 1.807) is 24.3 Å². The maximum Gasteiger partial charge on any atom is 0.271 e. The van der Waals surface area contributed by atoms with Crippen molar-refractivity contribution >= 4 is 17.2 Å². The summed E-state index contributed by atoms with van der Waals surface area (Å²) < 4.78 is 10.3. The molecule has 2 aromatic carbocycles. The minimum atomic E-state index is -0.471. The highest BCUT2D eigenvalue weighted by molar-refractivity contribution is 6.06. The van der Waals surface area contributed by atoms with Gasteiger partial charge in [0, 0.05) is 36.2 Å². The molecule has 2 aromatic rings.